The van der Waals surface area contributed by atoms with Crippen molar-refractivity contribution in [1.82, 2.24) is 0 Å². The molecule has 0 unspecified atom stereocenters. The molecule has 0 bridgehead atoms. The highest BCUT2D eigenvalue weighted by Gasteiger charge is 2.25. The zero-order valence-corrected chi connectivity index (χ0v) is 11.5. The number of halogens is 1. The van der Waals surface area contributed by atoms with Crippen LogP contribution in [0.3, 0.4) is 0 Å². The normalized spacial score (nSPS) is 23.3. The van der Waals surface area contributed by atoms with Crippen LogP contribution >= 0.6 is 0 Å². The summed E-state index contributed by atoms with van der Waals surface area (Å²) in [5, 5.41) is 0. The van der Waals surface area contributed by atoms with E-state index in [1.807, 2.05) is 6.92 Å². The van der Waals surface area contributed by atoms with Crippen molar-refractivity contribution in [3.8, 4) is 0 Å². The van der Waals surface area contributed by atoms with Crippen molar-refractivity contribution >= 4 is 5.78 Å². The molecular weight excluding hydrogens is 241 g/mol. The van der Waals surface area contributed by atoms with Crippen LogP contribution in [0.15, 0.2) is 18.2 Å². The summed E-state index contributed by atoms with van der Waals surface area (Å²) in [5.74, 6) is 0.825. The van der Waals surface area contributed by atoms with E-state index in [0.717, 1.165) is 43.4 Å². The number of rotatable bonds is 4. The van der Waals surface area contributed by atoms with Crippen molar-refractivity contribution in [2.24, 2.45) is 17.6 Å². The fourth-order valence-corrected chi connectivity index (χ4v) is 2.91. The van der Waals surface area contributed by atoms with Crippen LogP contribution in [0.4, 0.5) is 4.39 Å². The Morgan fingerprint density at radius 2 is 2.00 bits per heavy atom. The Morgan fingerprint density at radius 1 is 1.32 bits per heavy atom. The maximum atomic E-state index is 13.0. The third-order valence-corrected chi connectivity index (χ3v) is 4.30. The summed E-state index contributed by atoms with van der Waals surface area (Å²) in [6, 6.07) is 4.66. The van der Waals surface area contributed by atoms with Gasteiger partial charge in [0.25, 0.3) is 0 Å². The van der Waals surface area contributed by atoms with Crippen molar-refractivity contribution in [2.45, 2.75) is 39.0 Å². The van der Waals surface area contributed by atoms with Gasteiger partial charge in [0.15, 0.2) is 0 Å². The lowest BCUT2D eigenvalue weighted by atomic mass is 9.79. The van der Waals surface area contributed by atoms with Gasteiger partial charge >= 0.3 is 0 Å². The van der Waals surface area contributed by atoms with Crippen molar-refractivity contribution in [3.05, 3.63) is 35.1 Å². The van der Waals surface area contributed by atoms with Gasteiger partial charge in [0, 0.05) is 12.3 Å². The molecule has 1 saturated carbocycles. The SMILES string of the molecule is Cc1cc(F)ccc1CC(=O)C1CCC(CN)CC1. The second-order valence-electron chi connectivity index (χ2n) is 5.67. The van der Waals surface area contributed by atoms with Gasteiger partial charge in [0.05, 0.1) is 0 Å². The van der Waals surface area contributed by atoms with E-state index in [1.54, 1.807) is 6.07 Å². The number of carbonyl (C=O) groups excluding carboxylic acids is 1. The van der Waals surface area contributed by atoms with Crippen molar-refractivity contribution in [2.75, 3.05) is 6.54 Å². The standard InChI is InChI=1S/C16H22FNO/c1-11-8-15(17)7-6-14(11)9-16(19)13-4-2-12(10-18)3-5-13/h6-8,12-13H,2-5,9-10,18H2,1H3. The minimum absolute atomic E-state index is 0.173. The Hall–Kier alpha value is -1.22. The number of hydrogen-bond acceptors (Lipinski definition) is 2. The Kier molecular flexibility index (Phi) is 4.70. The summed E-state index contributed by atoms with van der Waals surface area (Å²) in [4.78, 5) is 12.3. The number of Topliss-reactive ketones (excluding diaryl/α,β-unsaturated/α-hetero) is 1. The first-order valence-electron chi connectivity index (χ1n) is 7.08. The Morgan fingerprint density at radius 3 is 2.58 bits per heavy atom. The van der Waals surface area contributed by atoms with E-state index >= 15 is 0 Å². The Labute approximate surface area is 114 Å². The van der Waals surface area contributed by atoms with Gasteiger partial charge in [0.2, 0.25) is 0 Å². The molecule has 0 atom stereocenters. The molecule has 0 spiro atoms. The van der Waals surface area contributed by atoms with Gasteiger partial charge in [-0.05, 0) is 68.3 Å². The van der Waals surface area contributed by atoms with E-state index in [0.29, 0.717) is 18.1 Å². The van der Waals surface area contributed by atoms with Crippen LogP contribution in [0, 0.1) is 24.6 Å². The lowest BCUT2D eigenvalue weighted by Crippen LogP contribution is -2.26. The molecule has 3 heteroatoms. The molecule has 1 aliphatic rings. The summed E-state index contributed by atoms with van der Waals surface area (Å²) >= 11 is 0. The number of nitrogens with two attached hydrogens (primary N) is 1. The molecular formula is C16H22FNO. The second kappa shape index (κ2) is 6.29. The summed E-state index contributed by atoms with van der Waals surface area (Å²) in [5.41, 5.74) is 7.48. The van der Waals surface area contributed by atoms with Gasteiger partial charge in [-0.25, -0.2) is 4.39 Å². The maximum absolute atomic E-state index is 13.0. The van der Waals surface area contributed by atoms with Crippen LogP contribution in [-0.2, 0) is 11.2 Å². The third kappa shape index (κ3) is 3.63. The van der Waals surface area contributed by atoms with Gasteiger partial charge in [-0.3, -0.25) is 4.79 Å². The zero-order chi connectivity index (χ0) is 13.8. The van der Waals surface area contributed by atoms with Crippen LogP contribution < -0.4 is 5.73 Å². The first-order chi connectivity index (χ1) is 9.10. The number of hydrogen-bond donors (Lipinski definition) is 1. The smallest absolute Gasteiger partial charge is 0.140 e. The van der Waals surface area contributed by atoms with Crippen molar-refractivity contribution in [1.29, 1.82) is 0 Å². The molecule has 19 heavy (non-hydrogen) atoms. The molecule has 104 valence electrons. The van der Waals surface area contributed by atoms with Crippen LogP contribution in [0.25, 0.3) is 0 Å². The quantitative estimate of drug-likeness (QED) is 0.907. The van der Waals surface area contributed by atoms with E-state index in [4.69, 9.17) is 5.73 Å². The molecule has 0 aliphatic heterocycles. The molecule has 0 aromatic heterocycles. The van der Waals surface area contributed by atoms with Gasteiger partial charge in [-0.1, -0.05) is 6.07 Å². The predicted molar refractivity (Wildman–Crippen MR) is 74.4 cm³/mol. The summed E-state index contributed by atoms with van der Waals surface area (Å²) in [6.07, 6.45) is 4.48. The van der Waals surface area contributed by atoms with Crippen LogP contribution in [0.1, 0.15) is 36.8 Å². The molecule has 0 amide bonds. The molecule has 1 aromatic carbocycles. The average Bonchev–Trinajstić information content (AvgIpc) is 2.42. The van der Waals surface area contributed by atoms with E-state index in [9.17, 15) is 9.18 Å². The number of benzene rings is 1. The number of aryl methyl sites for hydroxylation is 1. The maximum Gasteiger partial charge on any atom is 0.140 e. The van der Waals surface area contributed by atoms with Gasteiger partial charge in [-0.15, -0.1) is 0 Å². The van der Waals surface area contributed by atoms with E-state index < -0.39 is 0 Å². The van der Waals surface area contributed by atoms with Crippen molar-refractivity contribution in [3.63, 3.8) is 0 Å². The highest BCUT2D eigenvalue weighted by Crippen LogP contribution is 2.29. The first kappa shape index (κ1) is 14.2. The predicted octanol–water partition coefficient (Wildman–Crippen LogP) is 3.01. The van der Waals surface area contributed by atoms with Crippen LogP contribution in [-0.4, -0.2) is 12.3 Å². The lowest BCUT2D eigenvalue weighted by molar-refractivity contribution is -0.123. The highest BCUT2D eigenvalue weighted by atomic mass is 19.1. The molecule has 2 rings (SSSR count). The van der Waals surface area contributed by atoms with Crippen LogP contribution in [0.5, 0.6) is 0 Å². The largest absolute Gasteiger partial charge is 0.330 e. The third-order valence-electron chi connectivity index (χ3n) is 4.30. The molecule has 0 radical (unpaired) electrons. The Bertz CT molecular complexity index is 450. The summed E-state index contributed by atoms with van der Waals surface area (Å²) < 4.78 is 13.0. The fourth-order valence-electron chi connectivity index (χ4n) is 2.91. The monoisotopic (exact) mass is 263 g/mol. The molecule has 0 heterocycles. The first-order valence-corrected chi connectivity index (χ1v) is 7.08. The molecule has 2 N–H and O–H groups in total. The van der Waals surface area contributed by atoms with Gasteiger partial charge in [0.1, 0.15) is 11.6 Å². The molecule has 1 aliphatic carbocycles. The van der Waals surface area contributed by atoms with Crippen molar-refractivity contribution < 1.29 is 9.18 Å². The summed E-state index contributed by atoms with van der Waals surface area (Å²) in [6.45, 7) is 2.59. The summed E-state index contributed by atoms with van der Waals surface area (Å²) in [7, 11) is 0. The van der Waals surface area contributed by atoms with Crippen LogP contribution in [0.2, 0.25) is 0 Å². The molecule has 2 nitrogen and oxygen atoms in total. The molecule has 0 saturated heterocycles. The topological polar surface area (TPSA) is 43.1 Å². The van der Waals surface area contributed by atoms with Gasteiger partial charge in [-0.2, -0.15) is 0 Å². The van der Waals surface area contributed by atoms with E-state index in [2.05, 4.69) is 0 Å². The fraction of sp³-hybridized carbons (Fsp3) is 0.562. The Balaban J connectivity index is 1.94. The number of carbonyl (C=O) groups is 1. The van der Waals surface area contributed by atoms with Gasteiger partial charge < -0.3 is 5.73 Å². The van der Waals surface area contributed by atoms with E-state index in [1.165, 1.54) is 12.1 Å². The highest BCUT2D eigenvalue weighted by molar-refractivity contribution is 5.83. The minimum atomic E-state index is -0.239. The molecule has 1 aromatic rings. The number of ketones is 1. The molecule has 1 fully saturated rings. The average molecular weight is 263 g/mol. The lowest BCUT2D eigenvalue weighted by Gasteiger charge is -2.26. The second-order valence-corrected chi connectivity index (χ2v) is 5.67. The van der Waals surface area contributed by atoms with E-state index in [-0.39, 0.29) is 11.7 Å². The zero-order valence-electron chi connectivity index (χ0n) is 11.5. The minimum Gasteiger partial charge on any atom is -0.330 e.